The average Bonchev–Trinajstić information content (AvgIpc) is 3.13. The third-order valence-electron chi connectivity index (χ3n) is 5.25. The van der Waals surface area contributed by atoms with Crippen LogP contribution in [0.5, 0.6) is 0 Å². The Morgan fingerprint density at radius 3 is 2.52 bits per heavy atom. The molecule has 3 aromatic rings. The van der Waals surface area contributed by atoms with Crippen LogP contribution in [0.4, 0.5) is 0 Å². The number of nitrogens with zero attached hydrogens (tertiary/aromatic N) is 5. The van der Waals surface area contributed by atoms with Crippen molar-refractivity contribution in [2.24, 2.45) is 12.0 Å². The monoisotopic (exact) mass is 509 g/mol. The fraction of sp³-hybridized carbons (Fsp3) is 0.476. The van der Waals surface area contributed by atoms with Gasteiger partial charge in [-0.25, -0.2) is 4.98 Å². The van der Waals surface area contributed by atoms with E-state index in [1.165, 1.54) is 16.8 Å². The molecule has 0 amide bonds. The molecule has 158 valence electrons. The number of para-hydroxylation sites is 2. The zero-order chi connectivity index (χ0) is 20.1. The molecular weight excluding hydrogens is 477 g/mol. The molecule has 29 heavy (non-hydrogen) atoms. The lowest BCUT2D eigenvalue weighted by atomic mass is 10.1. The zero-order valence-electron chi connectivity index (χ0n) is 18.0. The van der Waals surface area contributed by atoms with Gasteiger partial charge in [0.2, 0.25) is 0 Å². The van der Waals surface area contributed by atoms with Gasteiger partial charge in [-0.15, -0.1) is 24.0 Å². The molecule has 0 aliphatic rings. The maximum absolute atomic E-state index is 4.63. The summed E-state index contributed by atoms with van der Waals surface area (Å²) < 4.78 is 4.22. The molecule has 7 nitrogen and oxygen atoms in total. The summed E-state index contributed by atoms with van der Waals surface area (Å²) in [5, 5.41) is 11.3. The third kappa shape index (κ3) is 5.49. The van der Waals surface area contributed by atoms with Crippen molar-refractivity contribution in [2.45, 2.75) is 40.2 Å². The molecule has 0 fully saturated rings. The molecule has 1 aromatic carbocycles. The second-order valence-electron chi connectivity index (χ2n) is 7.10. The van der Waals surface area contributed by atoms with Gasteiger partial charge in [0.05, 0.1) is 16.7 Å². The van der Waals surface area contributed by atoms with E-state index >= 15 is 0 Å². The van der Waals surface area contributed by atoms with Crippen molar-refractivity contribution in [3.63, 3.8) is 0 Å². The van der Waals surface area contributed by atoms with Crippen LogP contribution >= 0.6 is 24.0 Å². The lowest BCUT2D eigenvalue weighted by molar-refractivity contribution is 0.624. The van der Waals surface area contributed by atoms with Crippen LogP contribution in [0.3, 0.4) is 0 Å². The highest BCUT2D eigenvalue weighted by molar-refractivity contribution is 14.0. The van der Waals surface area contributed by atoms with E-state index in [1.807, 2.05) is 24.8 Å². The van der Waals surface area contributed by atoms with Crippen LogP contribution in [0.15, 0.2) is 29.3 Å². The van der Waals surface area contributed by atoms with Crippen molar-refractivity contribution in [3.05, 3.63) is 47.0 Å². The molecule has 2 heterocycles. The molecule has 0 aliphatic heterocycles. The van der Waals surface area contributed by atoms with Crippen molar-refractivity contribution in [1.82, 2.24) is 30.0 Å². The van der Waals surface area contributed by atoms with Gasteiger partial charge in [0.1, 0.15) is 5.82 Å². The summed E-state index contributed by atoms with van der Waals surface area (Å²) in [4.78, 5) is 8.95. The number of hydrogen-bond acceptors (Lipinski definition) is 3. The van der Waals surface area contributed by atoms with E-state index in [0.29, 0.717) is 0 Å². The normalized spacial score (nSPS) is 11.6. The number of imidazole rings is 1. The molecule has 2 N–H and O–H groups in total. The number of guanidine groups is 1. The summed E-state index contributed by atoms with van der Waals surface area (Å²) >= 11 is 0. The summed E-state index contributed by atoms with van der Waals surface area (Å²) in [6.07, 6.45) is 1.94. The Morgan fingerprint density at radius 1 is 1.10 bits per heavy atom. The average molecular weight is 509 g/mol. The number of fused-ring (bicyclic) bond motifs is 1. The molecule has 0 unspecified atom stereocenters. The second kappa shape index (κ2) is 10.6. The fourth-order valence-electron chi connectivity index (χ4n) is 3.63. The van der Waals surface area contributed by atoms with Gasteiger partial charge in [-0.1, -0.05) is 12.1 Å². The summed E-state index contributed by atoms with van der Waals surface area (Å²) in [7, 11) is 3.80. The number of benzene rings is 1. The Hall–Kier alpha value is -2.10. The van der Waals surface area contributed by atoms with Gasteiger partial charge in [0, 0.05) is 39.4 Å². The number of nitrogens with one attached hydrogen (secondary N) is 2. The van der Waals surface area contributed by atoms with Crippen molar-refractivity contribution < 1.29 is 0 Å². The second-order valence-corrected chi connectivity index (χ2v) is 7.10. The maximum atomic E-state index is 4.63. The van der Waals surface area contributed by atoms with Crippen molar-refractivity contribution in [1.29, 1.82) is 0 Å². The van der Waals surface area contributed by atoms with Crippen LogP contribution in [-0.2, 0) is 20.0 Å². The third-order valence-corrected chi connectivity index (χ3v) is 5.25. The first-order valence-corrected chi connectivity index (χ1v) is 9.86. The summed E-state index contributed by atoms with van der Waals surface area (Å²) in [6.45, 7) is 8.87. The molecule has 0 radical (unpaired) electrons. The molecule has 0 saturated heterocycles. The van der Waals surface area contributed by atoms with E-state index in [4.69, 9.17) is 0 Å². The molecule has 2 aromatic heterocycles. The molecule has 0 spiro atoms. The van der Waals surface area contributed by atoms with E-state index in [2.05, 4.69) is 69.2 Å². The SMILES string of the molecule is CN=C(NCCCn1c(C)nc2ccccc21)NCCc1c(C)nn(C)c1C.I. The highest BCUT2D eigenvalue weighted by Crippen LogP contribution is 2.15. The highest BCUT2D eigenvalue weighted by Gasteiger charge is 2.09. The van der Waals surface area contributed by atoms with E-state index < -0.39 is 0 Å². The van der Waals surface area contributed by atoms with Gasteiger partial charge < -0.3 is 15.2 Å². The summed E-state index contributed by atoms with van der Waals surface area (Å²) in [5.74, 6) is 1.90. The van der Waals surface area contributed by atoms with E-state index in [1.54, 1.807) is 0 Å². The predicted molar refractivity (Wildman–Crippen MR) is 130 cm³/mol. The van der Waals surface area contributed by atoms with Crippen LogP contribution in [0, 0.1) is 20.8 Å². The first-order valence-electron chi connectivity index (χ1n) is 9.86. The van der Waals surface area contributed by atoms with Gasteiger partial charge in [-0.3, -0.25) is 9.67 Å². The molecule has 8 heteroatoms. The topological polar surface area (TPSA) is 72.1 Å². The Balaban J connectivity index is 0.00000300. The molecule has 3 rings (SSSR count). The summed E-state index contributed by atoms with van der Waals surface area (Å²) in [5.41, 5.74) is 5.90. The van der Waals surface area contributed by atoms with Gasteiger partial charge in [0.15, 0.2) is 5.96 Å². The standard InChI is InChI=1S/C21H31N7.HI/c1-15-18(16(2)27(5)26-15)11-13-24-21(22-4)23-12-8-14-28-17(3)25-19-9-6-7-10-20(19)28;/h6-7,9-10H,8,11-14H2,1-5H3,(H2,22,23,24);1H. The number of hydrogen-bond donors (Lipinski definition) is 2. The van der Waals surface area contributed by atoms with Crippen LogP contribution < -0.4 is 10.6 Å². The molecule has 0 bridgehead atoms. The van der Waals surface area contributed by atoms with Crippen LogP contribution in [0.2, 0.25) is 0 Å². The highest BCUT2D eigenvalue weighted by atomic mass is 127. The number of aromatic nitrogens is 4. The van der Waals surface area contributed by atoms with E-state index in [9.17, 15) is 0 Å². The minimum absolute atomic E-state index is 0. The zero-order valence-corrected chi connectivity index (χ0v) is 20.3. The Labute approximate surface area is 190 Å². The van der Waals surface area contributed by atoms with Crippen molar-refractivity contribution >= 4 is 41.0 Å². The van der Waals surface area contributed by atoms with E-state index in [-0.39, 0.29) is 24.0 Å². The molecule has 0 atom stereocenters. The number of rotatable bonds is 7. The van der Waals surface area contributed by atoms with E-state index in [0.717, 1.165) is 55.5 Å². The Kier molecular flexibility index (Phi) is 8.48. The fourth-order valence-corrected chi connectivity index (χ4v) is 3.63. The molecule has 0 aliphatic carbocycles. The van der Waals surface area contributed by atoms with Crippen LogP contribution in [-0.4, -0.2) is 45.4 Å². The van der Waals surface area contributed by atoms with Crippen molar-refractivity contribution in [2.75, 3.05) is 20.1 Å². The maximum Gasteiger partial charge on any atom is 0.190 e. The predicted octanol–water partition coefficient (Wildman–Crippen LogP) is 3.11. The first-order chi connectivity index (χ1) is 13.5. The lowest BCUT2D eigenvalue weighted by Crippen LogP contribution is -2.39. The largest absolute Gasteiger partial charge is 0.356 e. The van der Waals surface area contributed by atoms with Gasteiger partial charge >= 0.3 is 0 Å². The van der Waals surface area contributed by atoms with Crippen molar-refractivity contribution in [3.8, 4) is 0 Å². The minimum Gasteiger partial charge on any atom is -0.356 e. The lowest BCUT2D eigenvalue weighted by Gasteiger charge is -2.13. The first kappa shape index (κ1) is 23.2. The van der Waals surface area contributed by atoms with Gasteiger partial charge in [-0.2, -0.15) is 5.10 Å². The Morgan fingerprint density at radius 2 is 1.83 bits per heavy atom. The smallest absolute Gasteiger partial charge is 0.190 e. The molecular formula is C21H32IN7. The quantitative estimate of drug-likeness (QED) is 0.222. The molecule has 0 saturated carbocycles. The summed E-state index contributed by atoms with van der Waals surface area (Å²) in [6, 6.07) is 8.29. The van der Waals surface area contributed by atoms with Crippen LogP contribution in [0.1, 0.15) is 29.2 Å². The van der Waals surface area contributed by atoms with Crippen LogP contribution in [0.25, 0.3) is 11.0 Å². The Bertz CT molecular complexity index is 971. The number of aliphatic imine (C=N–C) groups is 1. The van der Waals surface area contributed by atoms with Gasteiger partial charge in [0.25, 0.3) is 0 Å². The minimum atomic E-state index is 0. The van der Waals surface area contributed by atoms with Gasteiger partial charge in [-0.05, 0) is 51.3 Å². The number of halogens is 1. The number of aryl methyl sites for hydroxylation is 4.